The molecule has 6 aliphatic carbocycles. The fourth-order valence-corrected chi connectivity index (χ4v) is 14.3. The van der Waals surface area contributed by atoms with Crippen LogP contribution in [0.25, 0.3) is 61.5 Å². The summed E-state index contributed by atoms with van der Waals surface area (Å²) in [5.74, 6) is 4.09. The highest BCUT2D eigenvalue weighted by atomic mass is 15.1. The molecule has 9 aromatic rings. The molecule has 0 aliphatic heterocycles. The van der Waals surface area contributed by atoms with Crippen molar-refractivity contribution in [2.45, 2.75) is 42.9 Å². The van der Waals surface area contributed by atoms with Gasteiger partial charge in [0.1, 0.15) is 5.82 Å². The van der Waals surface area contributed by atoms with Crippen LogP contribution in [0.15, 0.2) is 194 Å². The first-order valence-corrected chi connectivity index (χ1v) is 22.9. The van der Waals surface area contributed by atoms with Gasteiger partial charge in [0.25, 0.3) is 0 Å². The summed E-state index contributed by atoms with van der Waals surface area (Å²) in [6.07, 6.45) is 6.92. The molecule has 1 aromatic heterocycles. The second-order valence-electron chi connectivity index (χ2n) is 19.1. The fourth-order valence-electron chi connectivity index (χ4n) is 14.3. The van der Waals surface area contributed by atoms with Crippen molar-refractivity contribution >= 4 is 11.0 Å². The third kappa shape index (κ3) is 4.57. The predicted octanol–water partition coefficient (Wildman–Crippen LogP) is 14.4. The Bertz CT molecular complexity index is 3200. The molecule has 0 atom stereocenters. The minimum Gasteiger partial charge on any atom is -0.292 e. The molecule has 0 N–H and O–H groups in total. The molecule has 0 radical (unpaired) electrons. The monoisotopic (exact) mass is 794 g/mol. The Balaban J connectivity index is 0.963. The van der Waals surface area contributed by atoms with Gasteiger partial charge in [-0.25, -0.2) is 4.98 Å². The lowest BCUT2D eigenvalue weighted by molar-refractivity contribution is -0.0440. The lowest BCUT2D eigenvalue weighted by Crippen LogP contribution is -2.59. The average molecular weight is 795 g/mol. The summed E-state index contributed by atoms with van der Waals surface area (Å²) >= 11 is 0. The van der Waals surface area contributed by atoms with Gasteiger partial charge in [-0.05, 0) is 165 Å². The topological polar surface area (TPSA) is 17.8 Å². The van der Waals surface area contributed by atoms with Gasteiger partial charge < -0.3 is 0 Å². The highest BCUT2D eigenvalue weighted by Crippen LogP contribution is 2.71. The second kappa shape index (κ2) is 12.9. The largest absolute Gasteiger partial charge is 0.292 e. The SMILES string of the molecule is c1ccc(-n2c(-c3cccc(-c4cccc(-c5ccc6c(c5)C5(c7ccccc7-c7ccccc75)c5ccccc5C65C6CC7CC(C6)CC5C7)c4)c3)nc3ccccc32)cc1. The number of imidazole rings is 1. The first-order valence-electron chi connectivity index (χ1n) is 22.9. The molecule has 296 valence electrons. The third-order valence-electron chi connectivity index (χ3n) is 16.2. The van der Waals surface area contributed by atoms with E-state index in [0.29, 0.717) is 11.8 Å². The average Bonchev–Trinajstić information content (AvgIpc) is 3.87. The van der Waals surface area contributed by atoms with E-state index in [9.17, 15) is 0 Å². The molecule has 0 unspecified atom stereocenters. The number of nitrogens with zero attached hydrogens (tertiary/aromatic N) is 2. The van der Waals surface area contributed by atoms with Gasteiger partial charge in [0, 0.05) is 16.7 Å². The van der Waals surface area contributed by atoms with Crippen molar-refractivity contribution in [3.63, 3.8) is 0 Å². The zero-order valence-corrected chi connectivity index (χ0v) is 34.7. The van der Waals surface area contributed by atoms with E-state index >= 15 is 0 Å². The van der Waals surface area contributed by atoms with Crippen molar-refractivity contribution < 1.29 is 0 Å². The molecule has 0 amide bonds. The van der Waals surface area contributed by atoms with Crippen LogP contribution < -0.4 is 0 Å². The minimum absolute atomic E-state index is 0.0359. The van der Waals surface area contributed by atoms with E-state index in [1.54, 1.807) is 11.1 Å². The summed E-state index contributed by atoms with van der Waals surface area (Å²) in [5, 5.41) is 0. The van der Waals surface area contributed by atoms with E-state index in [1.165, 1.54) is 87.7 Å². The van der Waals surface area contributed by atoms with Crippen LogP contribution >= 0.6 is 0 Å². The summed E-state index contributed by atoms with van der Waals surface area (Å²) in [4.78, 5) is 5.21. The van der Waals surface area contributed by atoms with Crippen LogP contribution in [0.4, 0.5) is 0 Å². The number of fused-ring (bicyclic) bond motifs is 10. The predicted molar refractivity (Wildman–Crippen MR) is 253 cm³/mol. The van der Waals surface area contributed by atoms with E-state index in [1.807, 2.05) is 0 Å². The van der Waals surface area contributed by atoms with Gasteiger partial charge in [-0.3, -0.25) is 4.57 Å². The van der Waals surface area contributed by atoms with Gasteiger partial charge in [-0.1, -0.05) is 152 Å². The molecule has 6 aliphatic rings. The Hall–Kier alpha value is -6.77. The number of rotatable bonds is 4. The highest BCUT2D eigenvalue weighted by molar-refractivity contribution is 5.90. The van der Waals surface area contributed by atoms with Gasteiger partial charge in [-0.2, -0.15) is 0 Å². The van der Waals surface area contributed by atoms with Gasteiger partial charge in [0.2, 0.25) is 0 Å². The lowest BCUT2D eigenvalue weighted by Gasteiger charge is -2.65. The third-order valence-corrected chi connectivity index (χ3v) is 16.2. The minimum atomic E-state index is -0.398. The maximum absolute atomic E-state index is 5.21. The molecule has 2 nitrogen and oxygen atoms in total. The van der Waals surface area contributed by atoms with E-state index < -0.39 is 5.41 Å². The van der Waals surface area contributed by atoms with E-state index in [4.69, 9.17) is 4.98 Å². The Morgan fingerprint density at radius 2 is 0.903 bits per heavy atom. The van der Waals surface area contributed by atoms with Gasteiger partial charge in [0.05, 0.1) is 16.4 Å². The van der Waals surface area contributed by atoms with Crippen LogP contribution in [0.5, 0.6) is 0 Å². The standard InChI is InChI=1S/C60H46N2/c1-2-18-47(19-3-1)62-57-27-11-10-26-56(57)61-58(62)44-17-13-16-42(36-44)40-14-12-15-41(35-40)43-28-29-54-55(37-43)60(50-22-6-4-20-48(50)49-21-5-7-23-51(49)60)53-25-9-8-24-52(53)59(54)45-31-38-30-39(33-45)34-46(59)32-38/h1-29,35-39,45-46H,30-34H2. The van der Waals surface area contributed by atoms with E-state index in [2.05, 4.69) is 199 Å². The van der Waals surface area contributed by atoms with Crippen LogP contribution in [-0.4, -0.2) is 9.55 Å². The Labute approximate surface area is 363 Å². The lowest BCUT2D eigenvalue weighted by atomic mass is 9.38. The zero-order valence-electron chi connectivity index (χ0n) is 34.7. The van der Waals surface area contributed by atoms with Crippen molar-refractivity contribution in [3.05, 3.63) is 228 Å². The fraction of sp³-hybridized carbons (Fsp3) is 0.183. The number of aromatic nitrogens is 2. The van der Waals surface area contributed by atoms with Crippen molar-refractivity contribution in [3.8, 4) is 50.5 Å². The molecule has 0 saturated heterocycles. The molecule has 2 heteroatoms. The van der Waals surface area contributed by atoms with Crippen molar-refractivity contribution in [1.82, 2.24) is 9.55 Å². The van der Waals surface area contributed by atoms with Crippen LogP contribution in [0, 0.1) is 23.7 Å². The number of para-hydroxylation sites is 3. The Morgan fingerprint density at radius 3 is 1.58 bits per heavy atom. The van der Waals surface area contributed by atoms with Crippen LogP contribution in [-0.2, 0) is 10.8 Å². The smallest absolute Gasteiger partial charge is 0.145 e. The molecule has 1 heterocycles. The Morgan fingerprint density at radius 1 is 0.387 bits per heavy atom. The zero-order chi connectivity index (χ0) is 40.6. The summed E-state index contributed by atoms with van der Waals surface area (Å²) in [7, 11) is 0. The number of hydrogen-bond donors (Lipinski definition) is 0. The maximum Gasteiger partial charge on any atom is 0.145 e. The quantitative estimate of drug-likeness (QED) is 0.173. The first-order chi connectivity index (χ1) is 30.7. The van der Waals surface area contributed by atoms with Crippen LogP contribution in [0.2, 0.25) is 0 Å². The summed E-state index contributed by atoms with van der Waals surface area (Å²) < 4.78 is 2.29. The van der Waals surface area contributed by atoms with Gasteiger partial charge in [-0.15, -0.1) is 0 Å². The molecular weight excluding hydrogens is 749 g/mol. The molecule has 4 saturated carbocycles. The Kier molecular flexibility index (Phi) is 7.25. The molecule has 2 spiro atoms. The van der Waals surface area contributed by atoms with Gasteiger partial charge in [0.15, 0.2) is 0 Å². The molecule has 4 fully saturated rings. The molecule has 15 rings (SSSR count). The summed E-state index contributed by atoms with van der Waals surface area (Å²) in [6, 6.07) is 73.4. The van der Waals surface area contributed by atoms with E-state index in [-0.39, 0.29) is 5.41 Å². The molecule has 62 heavy (non-hydrogen) atoms. The van der Waals surface area contributed by atoms with Crippen molar-refractivity contribution in [2.24, 2.45) is 23.7 Å². The first kappa shape index (κ1) is 34.9. The molecule has 4 bridgehead atoms. The summed E-state index contributed by atoms with van der Waals surface area (Å²) in [6.45, 7) is 0. The van der Waals surface area contributed by atoms with Crippen LogP contribution in [0.3, 0.4) is 0 Å². The van der Waals surface area contributed by atoms with Gasteiger partial charge >= 0.3 is 0 Å². The van der Waals surface area contributed by atoms with E-state index in [0.717, 1.165) is 39.9 Å². The van der Waals surface area contributed by atoms with Crippen molar-refractivity contribution in [2.75, 3.05) is 0 Å². The normalized spacial score (nSPS) is 23.0. The second-order valence-corrected chi connectivity index (χ2v) is 19.1. The van der Waals surface area contributed by atoms with Crippen LogP contribution in [0.1, 0.15) is 65.5 Å². The highest BCUT2D eigenvalue weighted by Gasteiger charge is 2.64. The van der Waals surface area contributed by atoms with Crippen molar-refractivity contribution in [1.29, 1.82) is 0 Å². The maximum atomic E-state index is 5.21. The summed E-state index contributed by atoms with van der Waals surface area (Å²) in [5.41, 5.74) is 20.7. The number of benzene rings is 8. The molecule has 8 aromatic carbocycles. The molecular formula is C60H46N2. The number of hydrogen-bond acceptors (Lipinski definition) is 1.